The number of halogens is 3. The van der Waals surface area contributed by atoms with Crippen LogP contribution in [0.25, 0.3) is 0 Å². The van der Waals surface area contributed by atoms with Gasteiger partial charge in [-0.3, -0.25) is 0 Å². The highest BCUT2D eigenvalue weighted by atomic mass is 79.9. The Kier molecular flexibility index (Phi) is 5.27. The summed E-state index contributed by atoms with van der Waals surface area (Å²) in [6.07, 6.45) is 0. The van der Waals surface area contributed by atoms with E-state index >= 15 is 0 Å². The highest BCUT2D eigenvalue weighted by Gasteiger charge is 2.14. The van der Waals surface area contributed by atoms with Gasteiger partial charge in [-0.2, -0.15) is 0 Å². The smallest absolute Gasteiger partial charge is 0.128 e. The van der Waals surface area contributed by atoms with Crippen molar-refractivity contribution in [2.75, 3.05) is 24.3 Å². The fourth-order valence-corrected chi connectivity index (χ4v) is 2.91. The molecule has 2 aromatic carbocycles. The van der Waals surface area contributed by atoms with Crippen molar-refractivity contribution in [3.63, 3.8) is 0 Å². The minimum atomic E-state index is -0.209. The highest BCUT2D eigenvalue weighted by molar-refractivity contribution is 9.10. The van der Waals surface area contributed by atoms with Crippen LogP contribution in [-0.2, 0) is 0 Å². The van der Waals surface area contributed by atoms with E-state index in [1.165, 1.54) is 6.07 Å². The molecule has 0 heterocycles. The minimum Gasteiger partial charge on any atom is -0.377 e. The first-order valence-electron chi connectivity index (χ1n) is 6.57. The lowest BCUT2D eigenvalue weighted by Crippen LogP contribution is -2.14. The Hall–Kier alpha value is -1.07. The summed E-state index contributed by atoms with van der Waals surface area (Å²) in [6, 6.07) is 10.9. The molecule has 21 heavy (non-hydrogen) atoms. The second kappa shape index (κ2) is 6.79. The monoisotopic (exact) mass is 414 g/mol. The number of anilines is 2. The Balaban J connectivity index is 2.33. The van der Waals surface area contributed by atoms with E-state index in [-0.39, 0.29) is 11.9 Å². The standard InChI is InChI=1S/C16H17Br2FN2/c1-10(13-8-11(17)4-6-14(13)19)20-15-9-12(18)5-7-16(15)21(2)3/h4-10,20H,1-3H3. The van der Waals surface area contributed by atoms with Crippen LogP contribution in [0.3, 0.4) is 0 Å². The molecule has 0 amide bonds. The summed E-state index contributed by atoms with van der Waals surface area (Å²) in [6.45, 7) is 1.95. The number of rotatable bonds is 4. The van der Waals surface area contributed by atoms with Crippen LogP contribution in [0.1, 0.15) is 18.5 Å². The molecule has 0 aliphatic rings. The lowest BCUT2D eigenvalue weighted by atomic mass is 10.1. The molecule has 0 spiro atoms. The van der Waals surface area contributed by atoms with Crippen molar-refractivity contribution in [2.24, 2.45) is 0 Å². The normalized spacial score (nSPS) is 12.1. The molecule has 1 unspecified atom stereocenters. The van der Waals surface area contributed by atoms with E-state index in [1.807, 2.05) is 44.1 Å². The van der Waals surface area contributed by atoms with E-state index in [2.05, 4.69) is 37.2 Å². The number of hydrogen-bond donors (Lipinski definition) is 1. The van der Waals surface area contributed by atoms with Gasteiger partial charge in [0, 0.05) is 28.6 Å². The van der Waals surface area contributed by atoms with Crippen molar-refractivity contribution >= 4 is 43.2 Å². The Labute approximate surface area is 141 Å². The van der Waals surface area contributed by atoms with Gasteiger partial charge < -0.3 is 10.2 Å². The molecule has 0 aromatic heterocycles. The largest absolute Gasteiger partial charge is 0.377 e. The van der Waals surface area contributed by atoms with Crippen LogP contribution in [0.15, 0.2) is 45.3 Å². The molecule has 0 aliphatic heterocycles. The third kappa shape index (κ3) is 3.98. The first-order valence-corrected chi connectivity index (χ1v) is 8.15. The molecule has 0 saturated carbocycles. The fourth-order valence-electron chi connectivity index (χ4n) is 2.17. The van der Waals surface area contributed by atoms with E-state index in [1.54, 1.807) is 12.1 Å². The maximum Gasteiger partial charge on any atom is 0.128 e. The Morgan fingerprint density at radius 3 is 2.33 bits per heavy atom. The Morgan fingerprint density at radius 1 is 1.05 bits per heavy atom. The van der Waals surface area contributed by atoms with Crippen molar-refractivity contribution in [1.29, 1.82) is 0 Å². The van der Waals surface area contributed by atoms with Crippen LogP contribution < -0.4 is 10.2 Å². The van der Waals surface area contributed by atoms with Gasteiger partial charge in [0.1, 0.15) is 5.82 Å². The molecular formula is C16H17Br2FN2. The molecule has 0 bridgehead atoms. The topological polar surface area (TPSA) is 15.3 Å². The second-order valence-electron chi connectivity index (χ2n) is 5.09. The molecule has 112 valence electrons. The van der Waals surface area contributed by atoms with Crippen LogP contribution >= 0.6 is 31.9 Å². The van der Waals surface area contributed by atoms with Gasteiger partial charge in [-0.15, -0.1) is 0 Å². The Bertz CT molecular complexity index is 644. The van der Waals surface area contributed by atoms with Gasteiger partial charge in [-0.05, 0) is 43.3 Å². The predicted molar refractivity (Wildman–Crippen MR) is 94.6 cm³/mol. The number of nitrogens with one attached hydrogen (secondary N) is 1. The third-order valence-corrected chi connectivity index (χ3v) is 4.22. The predicted octanol–water partition coefficient (Wildman–Crippen LogP) is 5.59. The van der Waals surface area contributed by atoms with E-state index in [0.29, 0.717) is 5.56 Å². The zero-order valence-electron chi connectivity index (χ0n) is 12.1. The van der Waals surface area contributed by atoms with Crippen LogP contribution in [0.4, 0.5) is 15.8 Å². The van der Waals surface area contributed by atoms with Gasteiger partial charge in [0.15, 0.2) is 0 Å². The molecule has 2 rings (SSSR count). The molecule has 0 saturated heterocycles. The SMILES string of the molecule is CC(Nc1cc(Br)ccc1N(C)C)c1cc(Br)ccc1F. The summed E-state index contributed by atoms with van der Waals surface area (Å²) >= 11 is 6.87. The van der Waals surface area contributed by atoms with Gasteiger partial charge in [0.25, 0.3) is 0 Å². The van der Waals surface area contributed by atoms with Crippen molar-refractivity contribution in [3.05, 3.63) is 56.7 Å². The van der Waals surface area contributed by atoms with Gasteiger partial charge in [0.2, 0.25) is 0 Å². The molecule has 1 atom stereocenters. The van der Waals surface area contributed by atoms with Gasteiger partial charge in [0.05, 0.1) is 17.4 Å². The first-order chi connectivity index (χ1) is 9.88. The van der Waals surface area contributed by atoms with Crippen LogP contribution in [-0.4, -0.2) is 14.1 Å². The van der Waals surface area contributed by atoms with E-state index in [0.717, 1.165) is 20.3 Å². The van der Waals surface area contributed by atoms with Crippen molar-refractivity contribution < 1.29 is 4.39 Å². The molecule has 2 nitrogen and oxygen atoms in total. The van der Waals surface area contributed by atoms with Crippen LogP contribution in [0, 0.1) is 5.82 Å². The summed E-state index contributed by atoms with van der Waals surface area (Å²) in [5, 5.41) is 3.38. The summed E-state index contributed by atoms with van der Waals surface area (Å²) < 4.78 is 15.8. The number of nitrogens with zero attached hydrogens (tertiary/aromatic N) is 1. The average Bonchev–Trinajstić information content (AvgIpc) is 2.41. The molecule has 0 aliphatic carbocycles. The summed E-state index contributed by atoms with van der Waals surface area (Å²) in [4.78, 5) is 2.03. The number of benzene rings is 2. The summed E-state index contributed by atoms with van der Waals surface area (Å²) in [5.74, 6) is -0.209. The Morgan fingerprint density at radius 2 is 1.67 bits per heavy atom. The lowest BCUT2D eigenvalue weighted by molar-refractivity contribution is 0.600. The third-order valence-electron chi connectivity index (χ3n) is 3.24. The van der Waals surface area contributed by atoms with E-state index in [9.17, 15) is 4.39 Å². The lowest BCUT2D eigenvalue weighted by Gasteiger charge is -2.23. The summed E-state index contributed by atoms with van der Waals surface area (Å²) in [5.41, 5.74) is 2.65. The van der Waals surface area contributed by atoms with Crippen molar-refractivity contribution in [2.45, 2.75) is 13.0 Å². The molecule has 1 N–H and O–H groups in total. The molecule has 0 fully saturated rings. The van der Waals surface area contributed by atoms with Crippen molar-refractivity contribution in [3.8, 4) is 0 Å². The van der Waals surface area contributed by atoms with Crippen LogP contribution in [0.5, 0.6) is 0 Å². The molecule has 5 heteroatoms. The maximum atomic E-state index is 14.0. The number of hydrogen-bond acceptors (Lipinski definition) is 2. The van der Waals surface area contributed by atoms with Crippen LogP contribution in [0.2, 0.25) is 0 Å². The van der Waals surface area contributed by atoms with E-state index < -0.39 is 0 Å². The summed E-state index contributed by atoms with van der Waals surface area (Å²) in [7, 11) is 3.97. The van der Waals surface area contributed by atoms with Gasteiger partial charge >= 0.3 is 0 Å². The van der Waals surface area contributed by atoms with Crippen molar-refractivity contribution in [1.82, 2.24) is 0 Å². The quantitative estimate of drug-likeness (QED) is 0.700. The zero-order chi connectivity index (χ0) is 15.6. The first kappa shape index (κ1) is 16.3. The fraction of sp³-hybridized carbons (Fsp3) is 0.250. The second-order valence-corrected chi connectivity index (χ2v) is 6.92. The average molecular weight is 416 g/mol. The molecular weight excluding hydrogens is 399 g/mol. The molecule has 0 radical (unpaired) electrons. The van der Waals surface area contributed by atoms with E-state index in [4.69, 9.17) is 0 Å². The highest BCUT2D eigenvalue weighted by Crippen LogP contribution is 2.32. The van der Waals surface area contributed by atoms with Gasteiger partial charge in [-0.25, -0.2) is 4.39 Å². The minimum absolute atomic E-state index is 0.143. The van der Waals surface area contributed by atoms with Gasteiger partial charge in [-0.1, -0.05) is 31.9 Å². The zero-order valence-corrected chi connectivity index (χ0v) is 15.3. The molecule has 2 aromatic rings. The maximum absolute atomic E-state index is 14.0.